The van der Waals surface area contributed by atoms with Gasteiger partial charge in [-0.05, 0) is 51.0 Å². The second kappa shape index (κ2) is 13.5. The van der Waals surface area contributed by atoms with E-state index < -0.39 is 27.9 Å². The zero-order chi connectivity index (χ0) is 29.7. The van der Waals surface area contributed by atoms with Crippen molar-refractivity contribution >= 4 is 56.4 Å². The quantitative estimate of drug-likeness (QED) is 0.415. The molecule has 0 saturated carbocycles. The van der Waals surface area contributed by atoms with Crippen molar-refractivity contribution in [3.63, 3.8) is 0 Å². The lowest BCUT2D eigenvalue weighted by Crippen LogP contribution is -2.58. The highest BCUT2D eigenvalue weighted by Gasteiger charge is 2.34. The Hall–Kier alpha value is -2.71. The van der Waals surface area contributed by atoms with Gasteiger partial charge in [-0.2, -0.15) is 4.72 Å². The molecule has 2 N–H and O–H groups in total. The van der Waals surface area contributed by atoms with Crippen molar-refractivity contribution in [3.05, 3.63) is 39.5 Å². The molecular weight excluding hydrogens is 590 g/mol. The summed E-state index contributed by atoms with van der Waals surface area (Å²) in [4.78, 5) is 44.5. The number of halogens is 1. The van der Waals surface area contributed by atoms with Crippen LogP contribution in [-0.4, -0.2) is 94.4 Å². The Morgan fingerprint density at radius 1 is 1.07 bits per heavy atom. The molecule has 3 heterocycles. The van der Waals surface area contributed by atoms with Crippen LogP contribution in [0.2, 0.25) is 4.34 Å². The molecule has 0 aliphatic carbocycles. The molecule has 2 aliphatic heterocycles. The summed E-state index contributed by atoms with van der Waals surface area (Å²) in [5.74, 6) is -0.999. The van der Waals surface area contributed by atoms with Gasteiger partial charge in [-0.15, -0.1) is 11.3 Å². The van der Waals surface area contributed by atoms with Gasteiger partial charge in [-0.3, -0.25) is 19.3 Å². The van der Waals surface area contributed by atoms with Crippen LogP contribution in [0.25, 0.3) is 0 Å². The normalized spacial score (nSPS) is 17.5. The highest BCUT2D eigenvalue weighted by atomic mass is 35.5. The Labute approximate surface area is 249 Å². The number of thiophene rings is 1. The molecule has 4 rings (SSSR count). The van der Waals surface area contributed by atoms with Crippen molar-refractivity contribution in [2.24, 2.45) is 0 Å². The number of amides is 3. The van der Waals surface area contributed by atoms with Crippen LogP contribution in [-0.2, 0) is 19.6 Å². The molecule has 2 aromatic rings. The van der Waals surface area contributed by atoms with Crippen LogP contribution in [0.5, 0.6) is 5.75 Å². The third kappa shape index (κ3) is 7.39. The predicted molar refractivity (Wildman–Crippen MR) is 158 cm³/mol. The number of sulfonamides is 1. The Balaban J connectivity index is 1.60. The first kappa shape index (κ1) is 31.2. The van der Waals surface area contributed by atoms with Gasteiger partial charge in [0.1, 0.15) is 10.9 Å². The lowest BCUT2D eigenvalue weighted by molar-refractivity contribution is -0.134. The molecule has 1 atom stereocenters. The maximum absolute atomic E-state index is 13.8. The first-order valence-electron chi connectivity index (χ1n) is 13.6. The van der Waals surface area contributed by atoms with Crippen LogP contribution in [0, 0.1) is 0 Å². The van der Waals surface area contributed by atoms with Gasteiger partial charge in [0, 0.05) is 51.7 Å². The van der Waals surface area contributed by atoms with E-state index in [-0.39, 0.29) is 23.1 Å². The number of ether oxygens (including phenoxy) is 1. The molecule has 0 spiro atoms. The largest absolute Gasteiger partial charge is 0.493 e. The van der Waals surface area contributed by atoms with E-state index in [1.165, 1.54) is 18.1 Å². The average Bonchev–Trinajstić information content (AvgIpc) is 3.40. The van der Waals surface area contributed by atoms with Gasteiger partial charge in [0.2, 0.25) is 21.8 Å². The van der Waals surface area contributed by atoms with E-state index in [4.69, 9.17) is 16.3 Å². The first-order chi connectivity index (χ1) is 19.5. The van der Waals surface area contributed by atoms with Crippen molar-refractivity contribution in [2.45, 2.75) is 50.1 Å². The highest BCUT2D eigenvalue weighted by Crippen LogP contribution is 2.36. The predicted octanol–water partition coefficient (Wildman–Crippen LogP) is 2.56. The smallest absolute Gasteiger partial charge is 0.261 e. The molecule has 11 nitrogen and oxygen atoms in total. The lowest BCUT2D eigenvalue weighted by Gasteiger charge is -2.38. The zero-order valence-electron chi connectivity index (χ0n) is 23.4. The topological polar surface area (TPSA) is 128 Å². The third-order valence-electron chi connectivity index (χ3n) is 7.28. The van der Waals surface area contributed by atoms with Crippen LogP contribution in [0.15, 0.2) is 35.2 Å². The molecule has 1 aromatic heterocycles. The summed E-state index contributed by atoms with van der Waals surface area (Å²) in [6.45, 7) is 6.52. The highest BCUT2D eigenvalue weighted by molar-refractivity contribution is 7.89. The number of piperazine rings is 1. The van der Waals surface area contributed by atoms with E-state index >= 15 is 0 Å². The summed E-state index contributed by atoms with van der Waals surface area (Å²) >= 11 is 7.04. The molecule has 2 aliphatic rings. The van der Waals surface area contributed by atoms with Crippen molar-refractivity contribution in [1.29, 1.82) is 0 Å². The fourth-order valence-electron chi connectivity index (χ4n) is 5.02. The number of piperidine rings is 1. The molecule has 2 saturated heterocycles. The number of benzene rings is 1. The molecule has 3 amide bonds. The Morgan fingerprint density at radius 3 is 2.41 bits per heavy atom. The minimum absolute atomic E-state index is 0.0178. The summed E-state index contributed by atoms with van der Waals surface area (Å²) in [6, 6.07) is 6.75. The van der Waals surface area contributed by atoms with E-state index in [9.17, 15) is 22.8 Å². The maximum atomic E-state index is 13.8. The Morgan fingerprint density at radius 2 is 1.80 bits per heavy atom. The molecule has 224 valence electrons. The van der Waals surface area contributed by atoms with E-state index in [1.54, 1.807) is 29.2 Å². The van der Waals surface area contributed by atoms with Gasteiger partial charge in [-0.1, -0.05) is 17.7 Å². The van der Waals surface area contributed by atoms with E-state index in [0.29, 0.717) is 60.1 Å². The summed E-state index contributed by atoms with van der Waals surface area (Å²) in [7, 11) is -3.00. The number of hydrogen-bond acceptors (Lipinski definition) is 8. The molecule has 41 heavy (non-hydrogen) atoms. The summed E-state index contributed by atoms with van der Waals surface area (Å²) in [5.41, 5.74) is 0.357. The van der Waals surface area contributed by atoms with Crippen LogP contribution in [0.3, 0.4) is 0 Å². The number of carbonyl (C=O) groups excluding carboxylic acids is 3. The number of para-hydroxylation sites is 1. The maximum Gasteiger partial charge on any atom is 0.261 e. The van der Waals surface area contributed by atoms with Crippen LogP contribution in [0.4, 0.5) is 5.69 Å². The molecular formula is C27H36ClN5O6S2. The lowest BCUT2D eigenvalue weighted by atomic mass is 10.1. The van der Waals surface area contributed by atoms with E-state index in [0.717, 1.165) is 24.2 Å². The minimum atomic E-state index is -4.34. The van der Waals surface area contributed by atoms with E-state index in [2.05, 4.69) is 28.8 Å². The Kier molecular flexibility index (Phi) is 10.3. The Bertz CT molecular complexity index is 1370. The van der Waals surface area contributed by atoms with Crippen molar-refractivity contribution in [2.75, 3.05) is 51.3 Å². The number of nitrogens with zero attached hydrogens (tertiary/aromatic N) is 3. The SMILES string of the molecule is COc1c(N2CCCCC2=O)cccc1S(=O)(=O)N[C@@H](CNC(=O)c1ccc(Cl)s1)C(=O)N1CCN(C(C)C)CC1. The van der Waals surface area contributed by atoms with Crippen molar-refractivity contribution < 1.29 is 27.5 Å². The number of carbonyl (C=O) groups is 3. The number of rotatable bonds is 10. The summed E-state index contributed by atoms with van der Waals surface area (Å²) < 4.78 is 36.0. The number of hydrogen-bond donors (Lipinski definition) is 2. The van der Waals surface area contributed by atoms with Crippen molar-refractivity contribution in [1.82, 2.24) is 19.8 Å². The van der Waals surface area contributed by atoms with Crippen molar-refractivity contribution in [3.8, 4) is 5.75 Å². The molecule has 0 bridgehead atoms. The first-order valence-corrected chi connectivity index (χ1v) is 16.3. The minimum Gasteiger partial charge on any atom is -0.493 e. The summed E-state index contributed by atoms with van der Waals surface area (Å²) in [5, 5.41) is 2.67. The monoisotopic (exact) mass is 625 g/mol. The van der Waals surface area contributed by atoms with Crippen LogP contribution in [0.1, 0.15) is 42.8 Å². The number of anilines is 1. The van der Waals surface area contributed by atoms with Gasteiger partial charge < -0.3 is 19.9 Å². The molecule has 2 fully saturated rings. The van der Waals surface area contributed by atoms with Gasteiger partial charge in [0.05, 0.1) is 22.0 Å². The zero-order valence-corrected chi connectivity index (χ0v) is 25.8. The van der Waals surface area contributed by atoms with Gasteiger partial charge in [0.15, 0.2) is 5.75 Å². The standard InChI is InChI=1S/C27H36ClN5O6S2/c1-18(2)31-13-15-32(16-14-31)27(36)19(17-29-26(35)21-10-11-23(28)40-21)30-41(37,38)22-8-6-7-20(25(22)39-3)33-12-5-4-9-24(33)34/h6-8,10-11,18-19,30H,4-5,9,12-17H2,1-3H3,(H,29,35)/t19-/m0/s1. The van der Waals surface area contributed by atoms with Crippen LogP contribution < -0.4 is 19.7 Å². The molecule has 14 heteroatoms. The van der Waals surface area contributed by atoms with Gasteiger partial charge in [0.25, 0.3) is 5.91 Å². The number of nitrogens with one attached hydrogen (secondary N) is 2. The van der Waals surface area contributed by atoms with Gasteiger partial charge >= 0.3 is 0 Å². The van der Waals surface area contributed by atoms with E-state index in [1.807, 2.05) is 0 Å². The fourth-order valence-corrected chi connectivity index (χ4v) is 7.36. The summed E-state index contributed by atoms with van der Waals surface area (Å²) in [6.07, 6.45) is 1.93. The second-order valence-corrected chi connectivity index (χ2v) is 13.7. The number of methoxy groups -OCH3 is 1. The van der Waals surface area contributed by atoms with Gasteiger partial charge in [-0.25, -0.2) is 8.42 Å². The third-order valence-corrected chi connectivity index (χ3v) is 10.0. The molecule has 0 radical (unpaired) electrons. The second-order valence-electron chi connectivity index (χ2n) is 10.3. The fraction of sp³-hybridized carbons (Fsp3) is 0.519. The average molecular weight is 626 g/mol. The molecule has 0 unspecified atom stereocenters. The van der Waals surface area contributed by atoms with Crippen LogP contribution >= 0.6 is 22.9 Å². The molecule has 1 aromatic carbocycles.